The largest absolute Gasteiger partial charge is 0.497 e. The molecule has 5 nitrogen and oxygen atoms in total. The van der Waals surface area contributed by atoms with E-state index in [1.54, 1.807) is 21.1 Å². The van der Waals surface area contributed by atoms with E-state index in [1.165, 1.54) is 4.90 Å². The van der Waals surface area contributed by atoms with E-state index >= 15 is 0 Å². The number of nitrogens with one attached hydrogen (secondary N) is 1. The number of aliphatic hydroxyl groups excluding tert-OH is 1. The monoisotopic (exact) mass is 342 g/mol. The Balaban J connectivity index is 2.17. The maximum absolute atomic E-state index is 12.5. The summed E-state index contributed by atoms with van der Waals surface area (Å²) in [6.07, 6.45) is 0.0828. The molecule has 0 bridgehead atoms. The second kappa shape index (κ2) is 9.08. The average Bonchev–Trinajstić information content (AvgIpc) is 2.61. The minimum atomic E-state index is -0.565. The molecule has 0 aromatic heterocycles. The van der Waals surface area contributed by atoms with Gasteiger partial charge in [-0.05, 0) is 36.6 Å². The Morgan fingerprint density at radius 3 is 2.56 bits per heavy atom. The molecule has 0 saturated heterocycles. The van der Waals surface area contributed by atoms with Crippen LogP contribution in [-0.2, 0) is 6.42 Å². The second-order valence-electron chi connectivity index (χ2n) is 6.20. The predicted molar refractivity (Wildman–Crippen MR) is 98.7 cm³/mol. The molecule has 2 amide bonds. The summed E-state index contributed by atoms with van der Waals surface area (Å²) in [5.74, 6) is 0.793. The number of nitrogens with zero attached hydrogens (tertiary/aromatic N) is 1. The smallest absolute Gasteiger partial charge is 0.317 e. The van der Waals surface area contributed by atoms with Gasteiger partial charge in [-0.1, -0.05) is 42.5 Å². The first-order valence-corrected chi connectivity index (χ1v) is 8.37. The summed E-state index contributed by atoms with van der Waals surface area (Å²) in [7, 11) is 3.32. The first kappa shape index (κ1) is 18.8. The summed E-state index contributed by atoms with van der Waals surface area (Å²) in [5.41, 5.74) is 2.11. The fourth-order valence-corrected chi connectivity index (χ4v) is 2.71. The number of rotatable bonds is 7. The summed E-state index contributed by atoms with van der Waals surface area (Å²) < 4.78 is 5.28. The molecular formula is C20H26N2O3. The van der Waals surface area contributed by atoms with Crippen LogP contribution < -0.4 is 10.1 Å². The van der Waals surface area contributed by atoms with Crippen LogP contribution in [0.1, 0.15) is 24.1 Å². The fraction of sp³-hybridized carbons (Fsp3) is 0.350. The standard InChI is InChI=1S/C20H26N2O3/c1-15(23)14-22(2)20(24)21-19(17-9-5-4-6-10-17)13-16-8-7-11-18(12-16)25-3/h4-12,15,19,23H,13-14H2,1-3H3,(H,21,24). The number of aliphatic hydroxyl groups is 1. The summed E-state index contributed by atoms with van der Waals surface area (Å²) in [6.45, 7) is 1.95. The molecule has 2 atom stereocenters. The lowest BCUT2D eigenvalue weighted by molar-refractivity contribution is 0.142. The van der Waals surface area contributed by atoms with Gasteiger partial charge in [0.2, 0.25) is 0 Å². The van der Waals surface area contributed by atoms with Crippen molar-refractivity contribution in [3.05, 3.63) is 65.7 Å². The molecule has 2 aromatic carbocycles. The lowest BCUT2D eigenvalue weighted by atomic mass is 9.99. The quantitative estimate of drug-likeness (QED) is 0.813. The minimum absolute atomic E-state index is 0.169. The van der Waals surface area contributed by atoms with Crippen LogP contribution in [0.5, 0.6) is 5.75 Å². The van der Waals surface area contributed by atoms with Crippen molar-refractivity contribution in [1.29, 1.82) is 0 Å². The van der Waals surface area contributed by atoms with Gasteiger partial charge >= 0.3 is 6.03 Å². The molecule has 134 valence electrons. The highest BCUT2D eigenvalue weighted by atomic mass is 16.5. The number of ether oxygens (including phenoxy) is 1. The number of benzene rings is 2. The van der Waals surface area contributed by atoms with E-state index in [0.29, 0.717) is 6.42 Å². The molecular weight excluding hydrogens is 316 g/mol. The van der Waals surface area contributed by atoms with Crippen LogP contribution in [0.3, 0.4) is 0 Å². The van der Waals surface area contributed by atoms with E-state index in [1.807, 2.05) is 54.6 Å². The zero-order valence-corrected chi connectivity index (χ0v) is 15.0. The summed E-state index contributed by atoms with van der Waals surface area (Å²) in [5, 5.41) is 12.5. The third kappa shape index (κ3) is 5.80. The van der Waals surface area contributed by atoms with Crippen LogP contribution in [0, 0.1) is 0 Å². The van der Waals surface area contributed by atoms with Gasteiger partial charge in [-0.3, -0.25) is 0 Å². The number of hydrogen-bond acceptors (Lipinski definition) is 3. The van der Waals surface area contributed by atoms with Crippen LogP contribution in [-0.4, -0.2) is 42.8 Å². The Hall–Kier alpha value is -2.53. The average molecular weight is 342 g/mol. The molecule has 0 heterocycles. The number of amides is 2. The Bertz CT molecular complexity index is 674. The number of urea groups is 1. The van der Waals surface area contributed by atoms with E-state index in [-0.39, 0.29) is 18.6 Å². The van der Waals surface area contributed by atoms with Gasteiger partial charge in [0.15, 0.2) is 0 Å². The summed E-state index contributed by atoms with van der Waals surface area (Å²) >= 11 is 0. The fourth-order valence-electron chi connectivity index (χ4n) is 2.71. The van der Waals surface area contributed by atoms with Gasteiger partial charge in [-0.25, -0.2) is 4.79 Å². The van der Waals surface area contributed by atoms with Gasteiger partial charge in [0.25, 0.3) is 0 Å². The summed E-state index contributed by atoms with van der Waals surface area (Å²) in [6, 6.07) is 17.3. The Kier molecular flexibility index (Phi) is 6.83. The Morgan fingerprint density at radius 1 is 1.20 bits per heavy atom. The van der Waals surface area contributed by atoms with Crippen molar-refractivity contribution in [3.8, 4) is 5.75 Å². The third-order valence-electron chi connectivity index (χ3n) is 3.96. The van der Waals surface area contributed by atoms with Crippen LogP contribution >= 0.6 is 0 Å². The first-order chi connectivity index (χ1) is 12.0. The number of carbonyl (C=O) groups excluding carboxylic acids is 1. The molecule has 2 rings (SSSR count). The minimum Gasteiger partial charge on any atom is -0.497 e. The van der Waals surface area contributed by atoms with Gasteiger partial charge in [0.1, 0.15) is 5.75 Å². The van der Waals surface area contributed by atoms with Gasteiger partial charge in [-0.15, -0.1) is 0 Å². The molecule has 0 aliphatic rings. The van der Waals surface area contributed by atoms with E-state index in [2.05, 4.69) is 5.32 Å². The molecule has 0 aliphatic heterocycles. The van der Waals surface area contributed by atoms with E-state index in [0.717, 1.165) is 16.9 Å². The van der Waals surface area contributed by atoms with E-state index in [4.69, 9.17) is 4.74 Å². The van der Waals surface area contributed by atoms with Crippen molar-refractivity contribution >= 4 is 6.03 Å². The number of carbonyl (C=O) groups is 1. The van der Waals surface area contributed by atoms with Gasteiger partial charge in [-0.2, -0.15) is 0 Å². The number of likely N-dealkylation sites (N-methyl/N-ethyl adjacent to an activating group) is 1. The third-order valence-corrected chi connectivity index (χ3v) is 3.96. The zero-order chi connectivity index (χ0) is 18.2. The maximum Gasteiger partial charge on any atom is 0.317 e. The predicted octanol–water partition coefficient (Wildman–Crippen LogP) is 3.00. The second-order valence-corrected chi connectivity index (χ2v) is 6.20. The molecule has 25 heavy (non-hydrogen) atoms. The lowest BCUT2D eigenvalue weighted by Crippen LogP contribution is -2.42. The van der Waals surface area contributed by atoms with Gasteiger partial charge in [0, 0.05) is 13.6 Å². The molecule has 0 saturated carbocycles. The zero-order valence-electron chi connectivity index (χ0n) is 15.0. The topological polar surface area (TPSA) is 61.8 Å². The first-order valence-electron chi connectivity index (χ1n) is 8.37. The molecule has 0 radical (unpaired) electrons. The van der Waals surface area contributed by atoms with Crippen molar-refractivity contribution in [1.82, 2.24) is 10.2 Å². The molecule has 2 unspecified atom stereocenters. The Morgan fingerprint density at radius 2 is 1.92 bits per heavy atom. The molecule has 2 N–H and O–H groups in total. The van der Waals surface area contributed by atoms with Crippen molar-refractivity contribution < 1.29 is 14.6 Å². The molecule has 2 aromatic rings. The maximum atomic E-state index is 12.5. The van der Waals surface area contributed by atoms with Crippen LogP contribution in [0.2, 0.25) is 0 Å². The normalized spacial score (nSPS) is 13.0. The lowest BCUT2D eigenvalue weighted by Gasteiger charge is -2.25. The van der Waals surface area contributed by atoms with Gasteiger partial charge in [0.05, 0.1) is 19.3 Å². The van der Waals surface area contributed by atoms with Crippen molar-refractivity contribution in [3.63, 3.8) is 0 Å². The highest BCUT2D eigenvalue weighted by molar-refractivity contribution is 5.74. The molecule has 0 aliphatic carbocycles. The number of hydrogen-bond donors (Lipinski definition) is 2. The highest BCUT2D eigenvalue weighted by Crippen LogP contribution is 2.21. The van der Waals surface area contributed by atoms with Gasteiger partial charge < -0.3 is 20.1 Å². The van der Waals surface area contributed by atoms with Crippen LogP contribution in [0.4, 0.5) is 4.79 Å². The van der Waals surface area contributed by atoms with Crippen molar-refractivity contribution in [2.75, 3.05) is 20.7 Å². The van der Waals surface area contributed by atoms with Crippen LogP contribution in [0.15, 0.2) is 54.6 Å². The SMILES string of the molecule is COc1cccc(CC(NC(=O)N(C)CC(C)O)c2ccccc2)c1. The highest BCUT2D eigenvalue weighted by Gasteiger charge is 2.18. The number of methoxy groups -OCH3 is 1. The van der Waals surface area contributed by atoms with Crippen molar-refractivity contribution in [2.24, 2.45) is 0 Å². The Labute approximate surface area is 149 Å². The van der Waals surface area contributed by atoms with E-state index < -0.39 is 6.10 Å². The van der Waals surface area contributed by atoms with Crippen molar-refractivity contribution in [2.45, 2.75) is 25.5 Å². The van der Waals surface area contributed by atoms with Crippen LogP contribution in [0.25, 0.3) is 0 Å². The molecule has 0 fully saturated rings. The molecule has 0 spiro atoms. The van der Waals surface area contributed by atoms with E-state index in [9.17, 15) is 9.90 Å². The summed E-state index contributed by atoms with van der Waals surface area (Å²) in [4.78, 5) is 13.9. The molecule has 5 heteroatoms.